The summed E-state index contributed by atoms with van der Waals surface area (Å²) >= 11 is 3.28. The van der Waals surface area contributed by atoms with E-state index < -0.39 is 5.82 Å². The first-order chi connectivity index (χ1) is 11.6. The van der Waals surface area contributed by atoms with Gasteiger partial charge in [0.05, 0.1) is 0 Å². The number of ether oxygens (including phenoxy) is 1. The largest absolute Gasteiger partial charge is 0.439 e. The minimum absolute atomic E-state index is 0.230. The van der Waals surface area contributed by atoms with Crippen LogP contribution in [0.25, 0.3) is 0 Å². The molecular weight excluding hydrogens is 377 g/mol. The summed E-state index contributed by atoms with van der Waals surface area (Å²) in [5, 5.41) is 2.78. The molecule has 2 heterocycles. The fourth-order valence-electron chi connectivity index (χ4n) is 2.06. The number of aromatic nitrogens is 2. The van der Waals surface area contributed by atoms with Gasteiger partial charge in [-0.2, -0.15) is 0 Å². The summed E-state index contributed by atoms with van der Waals surface area (Å²) < 4.78 is 19.7. The molecule has 3 rings (SSSR count). The molecule has 0 saturated carbocycles. The van der Waals surface area contributed by atoms with Gasteiger partial charge in [0.25, 0.3) is 5.91 Å². The quantitative estimate of drug-likeness (QED) is 0.691. The maximum absolute atomic E-state index is 13.2. The van der Waals surface area contributed by atoms with Gasteiger partial charge in [0, 0.05) is 35.0 Å². The Morgan fingerprint density at radius 2 is 2.17 bits per heavy atom. The lowest BCUT2D eigenvalue weighted by Gasteiger charge is -2.10. The van der Waals surface area contributed by atoms with Gasteiger partial charge in [-0.3, -0.25) is 4.79 Å². The maximum Gasteiger partial charge on any atom is 0.268 e. The zero-order valence-electron chi connectivity index (χ0n) is 12.4. The number of amides is 1. The number of pyridine rings is 1. The first-order valence-electron chi connectivity index (χ1n) is 7.11. The van der Waals surface area contributed by atoms with Crippen molar-refractivity contribution in [3.8, 4) is 11.6 Å². The molecule has 3 aromatic rings. The van der Waals surface area contributed by atoms with Crippen molar-refractivity contribution >= 4 is 21.8 Å². The molecule has 0 fully saturated rings. The number of rotatable bonds is 5. The Morgan fingerprint density at radius 1 is 1.29 bits per heavy atom. The molecule has 0 bridgehead atoms. The highest BCUT2D eigenvalue weighted by Gasteiger charge is 2.11. The summed E-state index contributed by atoms with van der Waals surface area (Å²) in [5.74, 6) is 0.0162. The predicted molar refractivity (Wildman–Crippen MR) is 90.4 cm³/mol. The number of halogens is 2. The third kappa shape index (κ3) is 3.99. The fraction of sp³-hybridized carbons (Fsp3) is 0.0588. The average molecular weight is 390 g/mol. The van der Waals surface area contributed by atoms with Crippen molar-refractivity contribution in [3.05, 3.63) is 76.4 Å². The molecule has 24 heavy (non-hydrogen) atoms. The Hall–Kier alpha value is -2.67. The Bertz CT molecular complexity index is 866. The highest BCUT2D eigenvalue weighted by molar-refractivity contribution is 9.10. The van der Waals surface area contributed by atoms with Crippen LogP contribution in [0.15, 0.2) is 59.3 Å². The standard InChI is InChI=1S/C17H13BrFN3O2/c18-12-7-15(21-10-12)16(23)22-9-11-3-2-6-20-17(11)24-14-5-1-4-13(19)8-14/h1-8,10,21H,9H2,(H,22,23). The average Bonchev–Trinajstić information content (AvgIpc) is 3.00. The van der Waals surface area contributed by atoms with Crippen LogP contribution in [0, 0.1) is 5.82 Å². The predicted octanol–water partition coefficient (Wildman–Crippen LogP) is 4.03. The maximum atomic E-state index is 13.2. The molecule has 0 aliphatic carbocycles. The molecule has 0 radical (unpaired) electrons. The number of hydrogen-bond donors (Lipinski definition) is 2. The molecule has 1 aromatic carbocycles. The monoisotopic (exact) mass is 389 g/mol. The molecule has 0 atom stereocenters. The zero-order valence-corrected chi connectivity index (χ0v) is 14.0. The van der Waals surface area contributed by atoms with Gasteiger partial charge in [0.2, 0.25) is 5.88 Å². The molecule has 2 aromatic heterocycles. The van der Waals surface area contributed by atoms with Crippen molar-refractivity contribution in [3.63, 3.8) is 0 Å². The molecule has 5 nitrogen and oxygen atoms in total. The van der Waals surface area contributed by atoms with Crippen molar-refractivity contribution in [1.29, 1.82) is 0 Å². The van der Waals surface area contributed by atoms with E-state index in [4.69, 9.17) is 4.74 Å². The highest BCUT2D eigenvalue weighted by Crippen LogP contribution is 2.23. The normalized spacial score (nSPS) is 10.4. The van der Waals surface area contributed by atoms with Crippen LogP contribution in [0.1, 0.15) is 16.1 Å². The molecule has 0 aliphatic heterocycles. The van der Waals surface area contributed by atoms with Crippen molar-refractivity contribution in [1.82, 2.24) is 15.3 Å². The summed E-state index contributed by atoms with van der Waals surface area (Å²) in [6.07, 6.45) is 3.25. The van der Waals surface area contributed by atoms with Crippen molar-refractivity contribution in [2.45, 2.75) is 6.54 Å². The van der Waals surface area contributed by atoms with Crippen LogP contribution in [0.2, 0.25) is 0 Å². The van der Waals surface area contributed by atoms with Crippen molar-refractivity contribution < 1.29 is 13.9 Å². The van der Waals surface area contributed by atoms with E-state index >= 15 is 0 Å². The van der Waals surface area contributed by atoms with Gasteiger partial charge in [-0.25, -0.2) is 9.37 Å². The van der Waals surface area contributed by atoms with E-state index in [1.165, 1.54) is 12.1 Å². The number of H-pyrrole nitrogens is 1. The topological polar surface area (TPSA) is 67.0 Å². The van der Waals surface area contributed by atoms with E-state index in [0.717, 1.165) is 4.47 Å². The summed E-state index contributed by atoms with van der Waals surface area (Å²) in [7, 11) is 0. The fourth-order valence-corrected chi connectivity index (χ4v) is 2.41. The highest BCUT2D eigenvalue weighted by atomic mass is 79.9. The minimum atomic E-state index is -0.393. The Morgan fingerprint density at radius 3 is 2.92 bits per heavy atom. The molecule has 0 spiro atoms. The lowest BCUT2D eigenvalue weighted by atomic mass is 10.2. The summed E-state index contributed by atoms with van der Waals surface area (Å²) in [4.78, 5) is 19.1. The van der Waals surface area contributed by atoms with E-state index in [9.17, 15) is 9.18 Å². The van der Waals surface area contributed by atoms with Gasteiger partial charge in [-0.15, -0.1) is 0 Å². The van der Waals surface area contributed by atoms with Crippen molar-refractivity contribution in [2.75, 3.05) is 0 Å². The number of nitrogens with zero attached hydrogens (tertiary/aromatic N) is 1. The molecule has 0 aliphatic rings. The molecule has 2 N–H and O–H groups in total. The van der Waals surface area contributed by atoms with Gasteiger partial charge in [0.1, 0.15) is 17.3 Å². The smallest absolute Gasteiger partial charge is 0.268 e. The van der Waals surface area contributed by atoms with Crippen LogP contribution in [-0.4, -0.2) is 15.9 Å². The summed E-state index contributed by atoms with van der Waals surface area (Å²) in [6, 6.07) is 11.0. The van der Waals surface area contributed by atoms with Gasteiger partial charge in [0.15, 0.2) is 0 Å². The Kier molecular flexibility index (Phi) is 4.90. The number of carbonyl (C=O) groups excluding carboxylic acids is 1. The van der Waals surface area contributed by atoms with Crippen LogP contribution in [0.3, 0.4) is 0 Å². The van der Waals surface area contributed by atoms with Gasteiger partial charge >= 0.3 is 0 Å². The molecule has 0 saturated heterocycles. The van der Waals surface area contributed by atoms with E-state index in [-0.39, 0.29) is 12.5 Å². The number of benzene rings is 1. The second kappa shape index (κ2) is 7.27. The Balaban J connectivity index is 1.71. The van der Waals surface area contributed by atoms with Gasteiger partial charge in [-0.05, 0) is 40.2 Å². The van der Waals surface area contributed by atoms with Crippen LogP contribution in [-0.2, 0) is 6.54 Å². The third-order valence-electron chi connectivity index (χ3n) is 3.19. The van der Waals surface area contributed by atoms with Crippen LogP contribution < -0.4 is 10.1 Å². The van der Waals surface area contributed by atoms with Gasteiger partial charge < -0.3 is 15.0 Å². The van der Waals surface area contributed by atoms with E-state index in [1.54, 1.807) is 42.7 Å². The second-order valence-corrected chi connectivity index (χ2v) is 5.86. The summed E-state index contributed by atoms with van der Waals surface area (Å²) in [5.41, 5.74) is 1.12. The number of nitrogens with one attached hydrogen (secondary N) is 2. The Labute approximate surface area is 146 Å². The van der Waals surface area contributed by atoms with Crippen LogP contribution in [0.5, 0.6) is 11.6 Å². The number of hydrogen-bond acceptors (Lipinski definition) is 3. The molecule has 0 unspecified atom stereocenters. The molecular formula is C17H13BrFN3O2. The van der Waals surface area contributed by atoms with Gasteiger partial charge in [-0.1, -0.05) is 12.1 Å². The third-order valence-corrected chi connectivity index (χ3v) is 3.65. The molecule has 122 valence electrons. The van der Waals surface area contributed by atoms with Crippen molar-refractivity contribution in [2.24, 2.45) is 0 Å². The minimum Gasteiger partial charge on any atom is -0.439 e. The van der Waals surface area contributed by atoms with E-state index in [1.807, 2.05) is 0 Å². The van der Waals surface area contributed by atoms with Crippen LogP contribution in [0.4, 0.5) is 4.39 Å². The number of carbonyl (C=O) groups is 1. The summed E-state index contributed by atoms with van der Waals surface area (Å²) in [6.45, 7) is 0.230. The SMILES string of the molecule is O=C(NCc1cccnc1Oc1cccc(F)c1)c1cc(Br)c[nH]1. The first kappa shape index (κ1) is 16.2. The molecule has 7 heteroatoms. The number of aromatic amines is 1. The first-order valence-corrected chi connectivity index (χ1v) is 7.90. The molecule has 1 amide bonds. The van der Waals surface area contributed by atoms with E-state index in [2.05, 4.69) is 31.2 Å². The second-order valence-electron chi connectivity index (χ2n) is 4.94. The lowest BCUT2D eigenvalue weighted by Crippen LogP contribution is -2.23. The van der Waals surface area contributed by atoms with Crippen LogP contribution >= 0.6 is 15.9 Å². The lowest BCUT2D eigenvalue weighted by molar-refractivity contribution is 0.0946. The van der Waals surface area contributed by atoms with E-state index in [0.29, 0.717) is 22.9 Å². The zero-order chi connectivity index (χ0) is 16.9.